The quantitative estimate of drug-likeness (QED) is 0.690. The molecule has 2 N–H and O–H groups in total. The lowest BCUT2D eigenvalue weighted by Crippen LogP contribution is -2.17. The monoisotopic (exact) mass is 336 g/mol. The minimum Gasteiger partial charge on any atom is -0.507 e. The Hall–Kier alpha value is -2.42. The van der Waals surface area contributed by atoms with Crippen molar-refractivity contribution in [2.24, 2.45) is 4.99 Å². The van der Waals surface area contributed by atoms with Gasteiger partial charge in [-0.1, -0.05) is 65.8 Å². The zero-order chi connectivity index (χ0) is 18.8. The summed E-state index contributed by atoms with van der Waals surface area (Å²) in [5, 5.41) is 18.3. The van der Waals surface area contributed by atoms with E-state index < -0.39 is 0 Å². The molecule has 132 valence electrons. The molecule has 0 saturated carbocycles. The van der Waals surface area contributed by atoms with Gasteiger partial charge in [0, 0.05) is 29.1 Å². The van der Waals surface area contributed by atoms with E-state index in [4.69, 9.17) is 5.41 Å². The van der Waals surface area contributed by atoms with Crippen LogP contribution in [0, 0.1) is 5.41 Å². The van der Waals surface area contributed by atoms with Crippen LogP contribution >= 0.6 is 0 Å². The molecule has 0 aliphatic heterocycles. The predicted molar refractivity (Wildman–Crippen MR) is 107 cm³/mol. The Balaban J connectivity index is 2.60. The molecule has 2 aromatic carbocycles. The summed E-state index contributed by atoms with van der Waals surface area (Å²) in [7, 11) is 0. The van der Waals surface area contributed by atoms with Gasteiger partial charge in [-0.3, -0.25) is 4.99 Å². The molecule has 0 aliphatic carbocycles. The van der Waals surface area contributed by atoms with E-state index in [-0.39, 0.29) is 16.6 Å². The SMILES string of the molecule is CC(C)(C)c1cc(C=Nc2ccccc2C=N)c(O)c(C(C)(C)C)c1. The summed E-state index contributed by atoms with van der Waals surface area (Å²) >= 11 is 0. The van der Waals surface area contributed by atoms with E-state index in [2.05, 4.69) is 52.6 Å². The molecule has 2 rings (SSSR count). The van der Waals surface area contributed by atoms with E-state index in [0.29, 0.717) is 5.56 Å². The Bertz CT molecular complexity index is 806. The van der Waals surface area contributed by atoms with Gasteiger partial charge in [0.05, 0.1) is 5.69 Å². The molecule has 0 radical (unpaired) electrons. The van der Waals surface area contributed by atoms with Crippen molar-refractivity contribution in [3.8, 4) is 5.75 Å². The van der Waals surface area contributed by atoms with Gasteiger partial charge in [-0.15, -0.1) is 0 Å². The normalized spacial score (nSPS) is 12.6. The lowest BCUT2D eigenvalue weighted by Gasteiger charge is -2.27. The van der Waals surface area contributed by atoms with Crippen LogP contribution in [0.5, 0.6) is 5.75 Å². The molecule has 0 atom stereocenters. The van der Waals surface area contributed by atoms with E-state index in [0.717, 1.165) is 22.4 Å². The fourth-order valence-electron chi connectivity index (χ4n) is 2.63. The van der Waals surface area contributed by atoms with Crippen molar-refractivity contribution in [3.05, 3.63) is 58.7 Å². The van der Waals surface area contributed by atoms with E-state index in [1.54, 1.807) is 6.21 Å². The molecule has 0 aromatic heterocycles. The van der Waals surface area contributed by atoms with Gasteiger partial charge >= 0.3 is 0 Å². The van der Waals surface area contributed by atoms with Crippen molar-refractivity contribution < 1.29 is 5.11 Å². The number of hydrogen-bond acceptors (Lipinski definition) is 3. The van der Waals surface area contributed by atoms with Crippen molar-refractivity contribution in [3.63, 3.8) is 0 Å². The van der Waals surface area contributed by atoms with Gasteiger partial charge in [-0.2, -0.15) is 0 Å². The average Bonchev–Trinajstić information content (AvgIpc) is 2.51. The molecule has 0 saturated heterocycles. The summed E-state index contributed by atoms with van der Waals surface area (Å²) in [6, 6.07) is 11.6. The van der Waals surface area contributed by atoms with Crippen LogP contribution in [0.15, 0.2) is 41.4 Å². The molecule has 25 heavy (non-hydrogen) atoms. The Morgan fingerprint density at radius 1 is 0.920 bits per heavy atom. The first-order chi connectivity index (χ1) is 11.5. The molecule has 0 amide bonds. The molecule has 0 spiro atoms. The van der Waals surface area contributed by atoms with Gasteiger partial charge < -0.3 is 10.5 Å². The number of phenols is 1. The number of phenolic OH excluding ortho intramolecular Hbond substituents is 1. The molecule has 0 fully saturated rings. The molecular formula is C22H28N2O. The fourth-order valence-corrected chi connectivity index (χ4v) is 2.63. The van der Waals surface area contributed by atoms with E-state index in [1.807, 2.05) is 30.3 Å². The van der Waals surface area contributed by atoms with Crippen LogP contribution in [0.4, 0.5) is 5.69 Å². The van der Waals surface area contributed by atoms with Crippen molar-refractivity contribution >= 4 is 18.1 Å². The van der Waals surface area contributed by atoms with E-state index >= 15 is 0 Å². The van der Waals surface area contributed by atoms with Crippen molar-refractivity contribution in [1.82, 2.24) is 0 Å². The molecule has 0 aliphatic rings. The second-order valence-corrected chi connectivity index (χ2v) is 8.42. The number of aromatic hydroxyl groups is 1. The summed E-state index contributed by atoms with van der Waals surface area (Å²) in [6.45, 7) is 12.8. The standard InChI is InChI=1S/C22H28N2O/c1-21(2,3)17-11-16(20(25)18(12-17)22(4,5)6)14-24-19-10-8-7-9-15(19)13-23/h7-14,23,25H,1-6H3. The summed E-state index contributed by atoms with van der Waals surface area (Å²) in [4.78, 5) is 4.52. The van der Waals surface area contributed by atoms with Crippen LogP contribution in [0.3, 0.4) is 0 Å². The number of nitrogens with zero attached hydrogens (tertiary/aromatic N) is 1. The molecular weight excluding hydrogens is 308 g/mol. The number of para-hydroxylation sites is 1. The zero-order valence-electron chi connectivity index (χ0n) is 16.0. The van der Waals surface area contributed by atoms with Crippen LogP contribution in [0.25, 0.3) is 0 Å². The third kappa shape index (κ3) is 4.36. The van der Waals surface area contributed by atoms with Crippen LogP contribution < -0.4 is 0 Å². The molecule has 2 aromatic rings. The second kappa shape index (κ2) is 6.83. The van der Waals surface area contributed by atoms with Crippen molar-refractivity contribution in [2.75, 3.05) is 0 Å². The smallest absolute Gasteiger partial charge is 0.128 e. The lowest BCUT2D eigenvalue weighted by atomic mass is 9.79. The summed E-state index contributed by atoms with van der Waals surface area (Å²) in [5.74, 6) is 0.275. The van der Waals surface area contributed by atoms with Crippen molar-refractivity contribution in [2.45, 2.75) is 52.4 Å². The number of rotatable bonds is 3. The van der Waals surface area contributed by atoms with Crippen LogP contribution in [0.2, 0.25) is 0 Å². The highest BCUT2D eigenvalue weighted by atomic mass is 16.3. The maximum absolute atomic E-state index is 10.8. The molecule has 0 heterocycles. The third-order valence-corrected chi connectivity index (χ3v) is 4.25. The summed E-state index contributed by atoms with van der Waals surface area (Å²) in [6.07, 6.45) is 2.99. The van der Waals surface area contributed by atoms with E-state index in [1.165, 1.54) is 6.21 Å². The maximum atomic E-state index is 10.8. The van der Waals surface area contributed by atoms with Gasteiger partial charge in [0.2, 0.25) is 0 Å². The Kier molecular flexibility index (Phi) is 5.17. The van der Waals surface area contributed by atoms with Crippen LogP contribution in [-0.2, 0) is 10.8 Å². The van der Waals surface area contributed by atoms with Gasteiger partial charge in [-0.25, -0.2) is 0 Å². The first-order valence-electron chi connectivity index (χ1n) is 8.55. The first kappa shape index (κ1) is 18.9. The van der Waals surface area contributed by atoms with Gasteiger partial charge in [0.1, 0.15) is 5.75 Å². The number of nitrogens with one attached hydrogen (secondary N) is 1. The van der Waals surface area contributed by atoms with Crippen molar-refractivity contribution in [1.29, 1.82) is 5.41 Å². The first-order valence-corrected chi connectivity index (χ1v) is 8.55. The molecule has 3 heteroatoms. The number of hydrogen-bond donors (Lipinski definition) is 2. The highest BCUT2D eigenvalue weighted by molar-refractivity contribution is 5.90. The maximum Gasteiger partial charge on any atom is 0.128 e. The highest BCUT2D eigenvalue weighted by Gasteiger charge is 2.24. The Labute approximate surface area is 151 Å². The highest BCUT2D eigenvalue weighted by Crippen LogP contribution is 2.37. The van der Waals surface area contributed by atoms with Gasteiger partial charge in [0.15, 0.2) is 0 Å². The number of aliphatic imine (C=N–C) groups is 1. The topological polar surface area (TPSA) is 56.4 Å². The Morgan fingerprint density at radius 2 is 1.56 bits per heavy atom. The number of benzene rings is 2. The molecule has 0 bridgehead atoms. The van der Waals surface area contributed by atoms with Gasteiger partial charge in [-0.05, 0) is 28.5 Å². The zero-order valence-corrected chi connectivity index (χ0v) is 16.0. The summed E-state index contributed by atoms with van der Waals surface area (Å²) < 4.78 is 0. The van der Waals surface area contributed by atoms with E-state index in [9.17, 15) is 5.11 Å². The largest absolute Gasteiger partial charge is 0.507 e. The second-order valence-electron chi connectivity index (χ2n) is 8.42. The van der Waals surface area contributed by atoms with Crippen LogP contribution in [-0.4, -0.2) is 17.5 Å². The third-order valence-electron chi connectivity index (χ3n) is 4.25. The van der Waals surface area contributed by atoms with Crippen LogP contribution in [0.1, 0.15) is 63.8 Å². The minimum atomic E-state index is -0.166. The minimum absolute atomic E-state index is 0.0246. The predicted octanol–water partition coefficient (Wildman–Crippen LogP) is 5.74. The fraction of sp³-hybridized carbons (Fsp3) is 0.364. The van der Waals surface area contributed by atoms with Gasteiger partial charge in [0.25, 0.3) is 0 Å². The summed E-state index contributed by atoms with van der Waals surface area (Å²) in [5.41, 5.74) is 4.07. The molecule has 3 nitrogen and oxygen atoms in total. The Morgan fingerprint density at radius 3 is 2.12 bits per heavy atom. The average molecular weight is 336 g/mol. The lowest BCUT2D eigenvalue weighted by molar-refractivity contribution is 0.444. The molecule has 0 unspecified atom stereocenters.